The van der Waals surface area contributed by atoms with Gasteiger partial charge in [-0.05, 0) is 53.8 Å². The molecule has 3 N–H and O–H groups in total. The lowest BCUT2D eigenvalue weighted by Crippen LogP contribution is -2.53. The van der Waals surface area contributed by atoms with Gasteiger partial charge in [0.05, 0.1) is 12.2 Å². The molecule has 0 radical (unpaired) electrons. The molecule has 1 saturated carbocycles. The highest BCUT2D eigenvalue weighted by atomic mass is 17.1. The van der Waals surface area contributed by atoms with Crippen LogP contribution >= 0.6 is 0 Å². The largest absolute Gasteiger partial charge is 0.380 e. The van der Waals surface area contributed by atoms with Crippen LogP contribution in [0.15, 0.2) is 42.5 Å². The molecule has 0 unspecified atom stereocenters. The van der Waals surface area contributed by atoms with Crippen LogP contribution in [0.2, 0.25) is 0 Å². The number of hydrazine groups is 1. The summed E-state index contributed by atoms with van der Waals surface area (Å²) < 4.78 is 0. The molecule has 9 nitrogen and oxygen atoms in total. The van der Waals surface area contributed by atoms with Gasteiger partial charge in [0, 0.05) is 38.3 Å². The molecule has 0 aromatic heterocycles. The van der Waals surface area contributed by atoms with Crippen LogP contribution in [0.5, 0.6) is 0 Å². The minimum atomic E-state index is -1.15. The highest BCUT2D eigenvalue weighted by molar-refractivity contribution is 5.95. The number of piperazine rings is 1. The minimum absolute atomic E-state index is 0.0429. The number of rotatable bonds is 6. The number of fused-ring (bicyclic) bond motifs is 1. The molecule has 2 fully saturated rings. The van der Waals surface area contributed by atoms with E-state index in [1.54, 1.807) is 9.80 Å². The lowest BCUT2D eigenvalue weighted by atomic mass is 10.0. The zero-order valence-corrected chi connectivity index (χ0v) is 18.4. The molecule has 174 valence electrons. The molecular weight excluding hydrogens is 424 g/mol. The molecule has 2 aliphatic heterocycles. The standard InChI is InChI=1S/C24H28N4O5/c29-22(26-9-11-27(12-10-26)23(30)24(31)7-8-24)18-3-1-17(2-4-18)19-5-6-21-20(15-19)16-25-28(21)13-14-33-32/h1-6,15,25,31-32H,7-14,16H2. The van der Waals surface area contributed by atoms with Crippen molar-refractivity contribution in [2.24, 2.45) is 0 Å². The first-order valence-electron chi connectivity index (χ1n) is 11.3. The Morgan fingerprint density at radius 2 is 1.64 bits per heavy atom. The highest BCUT2D eigenvalue weighted by Gasteiger charge is 2.50. The maximum absolute atomic E-state index is 12.9. The van der Waals surface area contributed by atoms with Gasteiger partial charge >= 0.3 is 0 Å². The van der Waals surface area contributed by atoms with Crippen LogP contribution in [-0.4, -0.2) is 76.9 Å². The Morgan fingerprint density at radius 1 is 0.970 bits per heavy atom. The molecule has 1 aliphatic carbocycles. The zero-order valence-electron chi connectivity index (χ0n) is 18.4. The van der Waals surface area contributed by atoms with Crippen molar-refractivity contribution in [1.82, 2.24) is 15.2 Å². The summed E-state index contributed by atoms with van der Waals surface area (Å²) in [6, 6.07) is 13.8. The molecule has 2 amide bonds. The van der Waals surface area contributed by atoms with Crippen LogP contribution in [0.4, 0.5) is 5.69 Å². The van der Waals surface area contributed by atoms with Crippen molar-refractivity contribution in [3.8, 4) is 11.1 Å². The van der Waals surface area contributed by atoms with Crippen LogP contribution in [-0.2, 0) is 16.2 Å². The van der Waals surface area contributed by atoms with Crippen LogP contribution in [0.3, 0.4) is 0 Å². The van der Waals surface area contributed by atoms with Crippen LogP contribution < -0.4 is 10.4 Å². The SMILES string of the molecule is O=C(c1ccc(-c2ccc3c(c2)CNN3CCOO)cc1)N1CCN(C(=O)C2(O)CC2)CC1. The van der Waals surface area contributed by atoms with Crippen molar-refractivity contribution in [2.45, 2.75) is 25.0 Å². The second-order valence-corrected chi connectivity index (χ2v) is 8.86. The van der Waals surface area contributed by atoms with Gasteiger partial charge in [0.2, 0.25) is 0 Å². The lowest BCUT2D eigenvalue weighted by Gasteiger charge is -2.35. The van der Waals surface area contributed by atoms with Gasteiger partial charge in [-0.2, -0.15) is 0 Å². The number of nitrogens with one attached hydrogen (secondary N) is 1. The molecule has 33 heavy (non-hydrogen) atoms. The Labute approximate surface area is 192 Å². The van der Waals surface area contributed by atoms with Gasteiger partial charge in [0.25, 0.3) is 11.8 Å². The summed E-state index contributed by atoms with van der Waals surface area (Å²) in [6.45, 7) is 3.32. The average Bonchev–Trinajstić information content (AvgIpc) is 3.49. The fourth-order valence-electron chi connectivity index (χ4n) is 4.49. The number of carbonyl (C=O) groups excluding carboxylic acids is 2. The van der Waals surface area contributed by atoms with E-state index in [2.05, 4.69) is 16.4 Å². The monoisotopic (exact) mass is 452 g/mol. The minimum Gasteiger partial charge on any atom is -0.380 e. The molecule has 2 heterocycles. The Morgan fingerprint density at radius 3 is 2.30 bits per heavy atom. The zero-order chi connectivity index (χ0) is 23.0. The van der Waals surface area contributed by atoms with Gasteiger partial charge in [-0.3, -0.25) is 14.8 Å². The number of hydrogen-bond acceptors (Lipinski definition) is 7. The van der Waals surface area contributed by atoms with Gasteiger partial charge in [-0.25, -0.2) is 10.3 Å². The van der Waals surface area contributed by atoms with E-state index in [0.29, 0.717) is 57.7 Å². The molecule has 0 atom stereocenters. The molecule has 2 aromatic carbocycles. The number of anilines is 1. The maximum atomic E-state index is 12.9. The lowest BCUT2D eigenvalue weighted by molar-refractivity contribution is -0.239. The quantitative estimate of drug-likeness (QED) is 0.450. The molecular formula is C24H28N4O5. The summed E-state index contributed by atoms with van der Waals surface area (Å²) in [5.41, 5.74) is 7.06. The van der Waals surface area contributed by atoms with Crippen LogP contribution in [0.1, 0.15) is 28.8 Å². The van der Waals surface area contributed by atoms with Gasteiger partial charge < -0.3 is 19.9 Å². The van der Waals surface area contributed by atoms with Gasteiger partial charge in [-0.15, -0.1) is 0 Å². The Hall–Kier alpha value is -2.98. The van der Waals surface area contributed by atoms with Crippen molar-refractivity contribution in [3.63, 3.8) is 0 Å². The fraction of sp³-hybridized carbons (Fsp3) is 0.417. The van der Waals surface area contributed by atoms with E-state index >= 15 is 0 Å². The van der Waals surface area contributed by atoms with Crippen molar-refractivity contribution in [3.05, 3.63) is 53.6 Å². The van der Waals surface area contributed by atoms with Crippen molar-refractivity contribution < 1.29 is 24.8 Å². The topological polar surface area (TPSA) is 106 Å². The summed E-state index contributed by atoms with van der Waals surface area (Å²) in [5.74, 6) is -0.243. The third-order valence-electron chi connectivity index (χ3n) is 6.68. The number of aliphatic hydroxyl groups is 1. The van der Waals surface area contributed by atoms with Crippen LogP contribution in [0, 0.1) is 0 Å². The fourth-order valence-corrected chi connectivity index (χ4v) is 4.49. The van der Waals surface area contributed by atoms with Crippen LogP contribution in [0.25, 0.3) is 11.1 Å². The summed E-state index contributed by atoms with van der Waals surface area (Å²) in [5, 5.41) is 20.6. The van der Waals surface area contributed by atoms with E-state index in [-0.39, 0.29) is 18.4 Å². The van der Waals surface area contributed by atoms with E-state index in [1.807, 2.05) is 41.4 Å². The van der Waals surface area contributed by atoms with Gasteiger partial charge in [0.15, 0.2) is 0 Å². The van der Waals surface area contributed by atoms with Gasteiger partial charge in [-0.1, -0.05) is 18.2 Å². The number of carbonyl (C=O) groups is 2. The molecule has 9 heteroatoms. The molecule has 2 aromatic rings. The van der Waals surface area contributed by atoms with Crippen molar-refractivity contribution >= 4 is 17.5 Å². The number of amides is 2. The second kappa shape index (κ2) is 8.75. The van der Waals surface area contributed by atoms with E-state index in [4.69, 9.17) is 5.26 Å². The summed E-state index contributed by atoms with van der Waals surface area (Å²) in [6.07, 6.45) is 1.07. The molecule has 0 spiro atoms. The smallest absolute Gasteiger partial charge is 0.254 e. The first kappa shape index (κ1) is 21.8. The molecule has 3 aliphatic rings. The third-order valence-corrected chi connectivity index (χ3v) is 6.68. The maximum Gasteiger partial charge on any atom is 0.254 e. The summed E-state index contributed by atoms with van der Waals surface area (Å²) >= 11 is 0. The van der Waals surface area contributed by atoms with Crippen molar-refractivity contribution in [1.29, 1.82) is 0 Å². The number of nitrogens with zero attached hydrogens (tertiary/aromatic N) is 3. The average molecular weight is 453 g/mol. The molecule has 0 bridgehead atoms. The second-order valence-electron chi connectivity index (χ2n) is 8.86. The Bertz CT molecular complexity index is 1050. The van der Waals surface area contributed by atoms with E-state index in [9.17, 15) is 14.7 Å². The first-order valence-corrected chi connectivity index (χ1v) is 11.3. The van der Waals surface area contributed by atoms with E-state index < -0.39 is 5.60 Å². The first-order chi connectivity index (χ1) is 16.0. The van der Waals surface area contributed by atoms with E-state index in [0.717, 1.165) is 22.4 Å². The Balaban J connectivity index is 1.21. The summed E-state index contributed by atoms with van der Waals surface area (Å²) in [7, 11) is 0. The van der Waals surface area contributed by atoms with Crippen molar-refractivity contribution in [2.75, 3.05) is 44.3 Å². The number of hydrogen-bond donors (Lipinski definition) is 3. The highest BCUT2D eigenvalue weighted by Crippen LogP contribution is 2.37. The third kappa shape index (κ3) is 4.32. The van der Waals surface area contributed by atoms with E-state index in [1.165, 1.54) is 0 Å². The number of benzene rings is 2. The Kier molecular flexibility index (Phi) is 5.79. The predicted molar refractivity (Wildman–Crippen MR) is 121 cm³/mol. The normalized spacial score (nSPS) is 18.9. The van der Waals surface area contributed by atoms with Gasteiger partial charge in [0.1, 0.15) is 12.2 Å². The molecule has 1 saturated heterocycles. The predicted octanol–water partition coefficient (Wildman–Crippen LogP) is 1.48. The summed E-state index contributed by atoms with van der Waals surface area (Å²) in [4.78, 5) is 32.8. The molecule has 5 rings (SSSR count).